The molecule has 2 amide bonds. The Bertz CT molecular complexity index is 1000. The molecule has 1 aromatic heterocycles. The van der Waals surface area contributed by atoms with E-state index >= 15 is 0 Å². The highest BCUT2D eigenvalue weighted by atomic mass is 32.2. The summed E-state index contributed by atoms with van der Waals surface area (Å²) in [6, 6.07) is 10.4. The molecule has 0 radical (unpaired) electrons. The summed E-state index contributed by atoms with van der Waals surface area (Å²) in [5, 5.41) is 12.6. The Hall–Kier alpha value is -2.63. The van der Waals surface area contributed by atoms with Crippen LogP contribution in [0.15, 0.2) is 29.3 Å². The molecule has 6 nitrogen and oxygen atoms in total. The number of anilines is 1. The molecule has 1 atom stereocenters. The molecule has 2 aromatic rings. The number of nitrogens with one attached hydrogen (secondary N) is 1. The molecule has 26 heavy (non-hydrogen) atoms. The summed E-state index contributed by atoms with van der Waals surface area (Å²) < 4.78 is 0. The fraction of sp³-hybridized carbons (Fsp3) is 0.222. The van der Waals surface area contributed by atoms with Crippen molar-refractivity contribution in [2.45, 2.75) is 24.5 Å². The third-order valence-electron chi connectivity index (χ3n) is 4.41. The minimum atomic E-state index is -0.587. The van der Waals surface area contributed by atoms with E-state index in [0.717, 1.165) is 40.6 Å². The van der Waals surface area contributed by atoms with Gasteiger partial charge in [0.05, 0.1) is 5.56 Å². The van der Waals surface area contributed by atoms with Crippen molar-refractivity contribution in [1.82, 2.24) is 0 Å². The predicted molar refractivity (Wildman–Crippen MR) is 103 cm³/mol. The topological polar surface area (TPSA) is 108 Å². The predicted octanol–water partition coefficient (Wildman–Crippen LogP) is 2.67. The first-order valence-corrected chi connectivity index (χ1v) is 9.75. The van der Waals surface area contributed by atoms with Crippen LogP contribution in [0.3, 0.4) is 0 Å². The van der Waals surface area contributed by atoms with Crippen molar-refractivity contribution in [3.05, 3.63) is 41.0 Å². The molecule has 1 aromatic carbocycles. The molecule has 0 saturated carbocycles. The first-order valence-electron chi connectivity index (χ1n) is 8.05. The summed E-state index contributed by atoms with van der Waals surface area (Å²) in [6.45, 7) is 0. The second-order valence-corrected chi connectivity index (χ2v) is 8.27. The van der Waals surface area contributed by atoms with E-state index in [4.69, 9.17) is 5.73 Å². The highest BCUT2D eigenvalue weighted by molar-refractivity contribution is 8.15. The number of carbonyl (C=O) groups excluding carboxylic acids is 2. The average Bonchev–Trinajstić information content (AvgIpc) is 3.13. The molecule has 2 aliphatic rings. The number of amides is 2. The molecule has 130 valence electrons. The monoisotopic (exact) mass is 382 g/mol. The van der Waals surface area contributed by atoms with Crippen molar-refractivity contribution < 1.29 is 9.59 Å². The number of thioether (sulfide) groups is 1. The summed E-state index contributed by atoms with van der Waals surface area (Å²) in [7, 11) is 0. The second kappa shape index (κ2) is 6.59. The lowest BCUT2D eigenvalue weighted by atomic mass is 9.90. The van der Waals surface area contributed by atoms with E-state index in [1.54, 1.807) is 0 Å². The largest absolute Gasteiger partial charge is 0.378 e. The van der Waals surface area contributed by atoms with Gasteiger partial charge in [-0.3, -0.25) is 9.59 Å². The number of amidine groups is 1. The molecule has 0 bridgehead atoms. The van der Waals surface area contributed by atoms with E-state index < -0.39 is 5.25 Å². The van der Waals surface area contributed by atoms with Crippen LogP contribution in [0.1, 0.15) is 23.1 Å². The van der Waals surface area contributed by atoms with Crippen molar-refractivity contribution in [3.63, 3.8) is 0 Å². The Kier molecular flexibility index (Phi) is 4.26. The Balaban J connectivity index is 1.59. The van der Waals surface area contributed by atoms with Gasteiger partial charge in [-0.2, -0.15) is 10.3 Å². The van der Waals surface area contributed by atoms with Gasteiger partial charge in [-0.25, -0.2) is 0 Å². The van der Waals surface area contributed by atoms with Crippen LogP contribution >= 0.6 is 23.1 Å². The van der Waals surface area contributed by atoms with Gasteiger partial charge in [0, 0.05) is 11.3 Å². The zero-order chi connectivity index (χ0) is 18.3. The molecular weight excluding hydrogens is 368 g/mol. The van der Waals surface area contributed by atoms with Crippen LogP contribution in [0, 0.1) is 11.3 Å². The van der Waals surface area contributed by atoms with E-state index in [1.165, 1.54) is 16.9 Å². The highest BCUT2D eigenvalue weighted by Gasteiger charge is 2.30. The number of rotatable bonds is 3. The summed E-state index contributed by atoms with van der Waals surface area (Å²) in [4.78, 5) is 28.7. The standard InChI is InChI=1S/C18H14N4O2S2/c19-8-12-11-6-5-9-3-1-2-4-10(9)15(11)26-17(12)21-14(23)7-13-16(24)22-18(20)25-13/h1-4,13H,5-7H2,(H,21,23)(H2,20,22,24). The van der Waals surface area contributed by atoms with Crippen LogP contribution in [-0.2, 0) is 22.4 Å². The maximum atomic E-state index is 12.4. The highest BCUT2D eigenvalue weighted by Crippen LogP contribution is 2.44. The quantitative estimate of drug-likeness (QED) is 0.848. The Morgan fingerprint density at radius 2 is 2.19 bits per heavy atom. The molecule has 1 aliphatic heterocycles. The fourth-order valence-corrected chi connectivity index (χ4v) is 5.32. The van der Waals surface area contributed by atoms with Crippen LogP contribution in [0.25, 0.3) is 10.4 Å². The van der Waals surface area contributed by atoms with Gasteiger partial charge >= 0.3 is 0 Å². The van der Waals surface area contributed by atoms with E-state index in [0.29, 0.717) is 10.6 Å². The van der Waals surface area contributed by atoms with Crippen LogP contribution < -0.4 is 11.1 Å². The number of carbonyl (C=O) groups is 2. The van der Waals surface area contributed by atoms with Crippen molar-refractivity contribution >= 4 is 45.1 Å². The van der Waals surface area contributed by atoms with E-state index in [9.17, 15) is 14.9 Å². The van der Waals surface area contributed by atoms with Gasteiger partial charge in [0.2, 0.25) is 5.91 Å². The van der Waals surface area contributed by atoms with Gasteiger partial charge in [0.15, 0.2) is 5.17 Å². The molecule has 8 heteroatoms. The minimum absolute atomic E-state index is 0.0161. The van der Waals surface area contributed by atoms with Crippen molar-refractivity contribution in [2.24, 2.45) is 10.7 Å². The van der Waals surface area contributed by atoms with Crippen molar-refractivity contribution in [2.75, 3.05) is 5.32 Å². The number of aliphatic imine (C=N–C) groups is 1. The zero-order valence-corrected chi connectivity index (χ0v) is 15.2. The van der Waals surface area contributed by atoms with Crippen molar-refractivity contribution in [3.8, 4) is 16.5 Å². The molecule has 0 fully saturated rings. The number of hydrogen-bond donors (Lipinski definition) is 2. The van der Waals surface area contributed by atoms with Crippen molar-refractivity contribution in [1.29, 1.82) is 5.26 Å². The number of hydrogen-bond acceptors (Lipinski definition) is 6. The number of aryl methyl sites for hydroxylation is 1. The number of nitrogens with zero attached hydrogens (tertiary/aromatic N) is 2. The molecule has 3 N–H and O–H groups in total. The summed E-state index contributed by atoms with van der Waals surface area (Å²) in [5.74, 6) is -0.702. The fourth-order valence-electron chi connectivity index (χ4n) is 3.23. The van der Waals surface area contributed by atoms with Crippen LogP contribution in [0.5, 0.6) is 0 Å². The first-order chi connectivity index (χ1) is 12.6. The number of benzene rings is 1. The average molecular weight is 382 g/mol. The lowest BCUT2D eigenvalue weighted by Gasteiger charge is -2.15. The Labute approximate surface area is 158 Å². The van der Waals surface area contributed by atoms with Crippen LogP contribution in [0.4, 0.5) is 5.00 Å². The summed E-state index contributed by atoms with van der Waals surface area (Å²) in [6.07, 6.45) is 1.65. The molecule has 1 unspecified atom stereocenters. The number of fused-ring (bicyclic) bond motifs is 3. The molecule has 0 saturated heterocycles. The lowest BCUT2D eigenvalue weighted by Crippen LogP contribution is -2.21. The van der Waals surface area contributed by atoms with Crippen LogP contribution in [-0.4, -0.2) is 22.2 Å². The smallest absolute Gasteiger partial charge is 0.262 e. The van der Waals surface area contributed by atoms with E-state index in [-0.39, 0.29) is 23.4 Å². The maximum Gasteiger partial charge on any atom is 0.262 e. The Morgan fingerprint density at radius 1 is 1.38 bits per heavy atom. The third-order valence-corrected chi connectivity index (χ3v) is 6.57. The summed E-state index contributed by atoms with van der Waals surface area (Å²) >= 11 is 2.51. The summed E-state index contributed by atoms with van der Waals surface area (Å²) in [5.41, 5.74) is 9.41. The molecule has 1 aliphatic carbocycles. The molecule has 2 heterocycles. The number of thiophene rings is 1. The first kappa shape index (κ1) is 16.8. The van der Waals surface area contributed by atoms with E-state index in [2.05, 4.69) is 22.4 Å². The molecule has 4 rings (SSSR count). The van der Waals surface area contributed by atoms with Gasteiger partial charge in [0.1, 0.15) is 16.3 Å². The SMILES string of the molecule is N#Cc1c(NC(=O)CC2SC(N)=NC2=O)sc2c1CCc1ccccc1-2. The lowest BCUT2D eigenvalue weighted by molar-refractivity contribution is -0.121. The normalized spacial score (nSPS) is 17.9. The minimum Gasteiger partial charge on any atom is -0.378 e. The molecular formula is C18H14N4O2S2. The van der Waals surface area contributed by atoms with Gasteiger partial charge < -0.3 is 11.1 Å². The maximum absolute atomic E-state index is 12.4. The van der Waals surface area contributed by atoms with Gasteiger partial charge in [-0.15, -0.1) is 11.3 Å². The third kappa shape index (κ3) is 2.89. The zero-order valence-electron chi connectivity index (χ0n) is 13.6. The Morgan fingerprint density at radius 3 is 2.92 bits per heavy atom. The van der Waals surface area contributed by atoms with Gasteiger partial charge in [-0.05, 0) is 29.5 Å². The number of nitrogens with two attached hydrogens (primary N) is 1. The van der Waals surface area contributed by atoms with Crippen LogP contribution in [0.2, 0.25) is 0 Å². The second-order valence-electron chi connectivity index (χ2n) is 6.03. The van der Waals surface area contributed by atoms with Gasteiger partial charge in [0.25, 0.3) is 5.91 Å². The van der Waals surface area contributed by atoms with E-state index in [1.807, 2.05) is 18.2 Å². The molecule has 0 spiro atoms. The van der Waals surface area contributed by atoms with Gasteiger partial charge in [-0.1, -0.05) is 36.0 Å². The number of nitriles is 1.